The third-order valence-electron chi connectivity index (χ3n) is 4.74. The molecule has 0 unspecified atom stereocenters. The van der Waals surface area contributed by atoms with Gasteiger partial charge in [0.25, 0.3) is 0 Å². The number of phenols is 1. The number of unbranched alkanes of at least 4 members (excludes halogenated alkanes) is 4. The molecule has 3 rings (SSSR count). The van der Waals surface area contributed by atoms with Crippen molar-refractivity contribution in [2.24, 2.45) is 4.99 Å². The third-order valence-corrected chi connectivity index (χ3v) is 4.97. The molecule has 27 heavy (non-hydrogen) atoms. The lowest BCUT2D eigenvalue weighted by Crippen LogP contribution is -2.00. The highest BCUT2D eigenvalue weighted by molar-refractivity contribution is 6.31. The second-order valence-corrected chi connectivity index (χ2v) is 7.26. The topological polar surface area (TPSA) is 50.4 Å². The lowest BCUT2D eigenvalue weighted by molar-refractivity contribution is 0.474. The molecule has 0 aliphatic rings. The van der Waals surface area contributed by atoms with E-state index in [1.165, 1.54) is 25.7 Å². The van der Waals surface area contributed by atoms with E-state index in [4.69, 9.17) is 21.6 Å². The second kappa shape index (κ2) is 9.05. The number of aromatic hydroxyl groups is 1. The van der Waals surface area contributed by atoms with E-state index in [1.54, 1.807) is 18.2 Å². The number of phenolic OH excluding ortho intramolecular Hbond substituents is 1. The number of hydrogen-bond donors (Lipinski definition) is 1. The van der Waals surface area contributed by atoms with Gasteiger partial charge in [0.05, 0.1) is 16.7 Å². The highest BCUT2D eigenvalue weighted by Gasteiger charge is 2.12. The molecule has 0 spiro atoms. The average molecular weight is 384 g/mol. The molecule has 0 amide bonds. The Morgan fingerprint density at radius 2 is 1.89 bits per heavy atom. The fourth-order valence-electron chi connectivity index (χ4n) is 3.25. The van der Waals surface area contributed by atoms with E-state index < -0.39 is 0 Å². The summed E-state index contributed by atoms with van der Waals surface area (Å²) in [6.07, 6.45) is 6.09. The summed E-state index contributed by atoms with van der Waals surface area (Å²) in [6, 6.07) is 13.1. The highest BCUT2D eigenvalue weighted by atomic mass is 35.5. The van der Waals surface area contributed by atoms with Crippen LogP contribution in [0.4, 0.5) is 5.95 Å². The number of hydrogen-bond acceptors (Lipinski definition) is 3. The van der Waals surface area contributed by atoms with Gasteiger partial charge in [-0.05, 0) is 43.7 Å². The minimum absolute atomic E-state index is 0.169. The van der Waals surface area contributed by atoms with Gasteiger partial charge < -0.3 is 9.67 Å². The van der Waals surface area contributed by atoms with Gasteiger partial charge in [0.2, 0.25) is 5.95 Å². The zero-order chi connectivity index (χ0) is 19.2. The van der Waals surface area contributed by atoms with Crippen LogP contribution in [0.2, 0.25) is 5.02 Å². The molecule has 0 radical (unpaired) electrons. The van der Waals surface area contributed by atoms with E-state index in [9.17, 15) is 5.11 Å². The van der Waals surface area contributed by atoms with Crippen molar-refractivity contribution in [3.8, 4) is 5.75 Å². The molecular formula is C22H26ClN3O. The highest BCUT2D eigenvalue weighted by Crippen LogP contribution is 2.26. The normalized spacial score (nSPS) is 12.0. The van der Waals surface area contributed by atoms with Crippen LogP contribution in [0.25, 0.3) is 11.0 Å². The van der Waals surface area contributed by atoms with Gasteiger partial charge in [0.15, 0.2) is 0 Å². The minimum Gasteiger partial charge on any atom is -0.507 e. The maximum atomic E-state index is 10.1. The molecule has 0 aliphatic heterocycles. The van der Waals surface area contributed by atoms with Gasteiger partial charge in [-0.3, -0.25) is 0 Å². The van der Waals surface area contributed by atoms with Crippen LogP contribution in [0, 0.1) is 0 Å². The summed E-state index contributed by atoms with van der Waals surface area (Å²) < 4.78 is 2.17. The van der Waals surface area contributed by atoms with Crippen molar-refractivity contribution < 1.29 is 5.11 Å². The zero-order valence-corrected chi connectivity index (χ0v) is 16.7. The Labute approximate surface area is 165 Å². The number of aliphatic imine (C=N–C) groups is 1. The number of benzene rings is 2. The van der Waals surface area contributed by atoms with E-state index in [0.29, 0.717) is 22.2 Å². The summed E-state index contributed by atoms with van der Waals surface area (Å²) in [6.45, 7) is 4.98. The number of nitrogens with zero attached hydrogens (tertiary/aromatic N) is 3. The monoisotopic (exact) mass is 383 g/mol. The van der Waals surface area contributed by atoms with Gasteiger partial charge >= 0.3 is 0 Å². The van der Waals surface area contributed by atoms with Crippen LogP contribution in [0.3, 0.4) is 0 Å². The largest absolute Gasteiger partial charge is 0.507 e. The third kappa shape index (κ3) is 4.69. The molecule has 142 valence electrons. The molecule has 0 aliphatic carbocycles. The predicted octanol–water partition coefficient (Wildman–Crippen LogP) is 6.51. The molecule has 0 fully saturated rings. The standard InChI is InChI=1S/C22H26ClN3O/c1-3-4-5-6-9-14-26-20-11-8-7-10-19(20)25-22(26)24-16(2)18-15-17(23)12-13-21(18)27/h7-8,10-13,15,27H,3-6,9,14H2,1-2H3/b24-16+. The first kappa shape index (κ1) is 19.4. The maximum absolute atomic E-state index is 10.1. The van der Waals surface area contributed by atoms with Crippen LogP contribution in [0.1, 0.15) is 51.5 Å². The van der Waals surface area contributed by atoms with E-state index in [1.807, 2.05) is 25.1 Å². The summed E-state index contributed by atoms with van der Waals surface area (Å²) in [5, 5.41) is 10.7. The summed E-state index contributed by atoms with van der Waals surface area (Å²) in [4.78, 5) is 9.44. The smallest absolute Gasteiger partial charge is 0.230 e. The Hall–Kier alpha value is -2.33. The molecule has 2 aromatic carbocycles. The second-order valence-electron chi connectivity index (χ2n) is 6.83. The van der Waals surface area contributed by atoms with Crippen molar-refractivity contribution in [1.82, 2.24) is 9.55 Å². The fourth-order valence-corrected chi connectivity index (χ4v) is 3.42. The van der Waals surface area contributed by atoms with E-state index >= 15 is 0 Å². The Morgan fingerprint density at radius 3 is 2.70 bits per heavy atom. The minimum atomic E-state index is 0.169. The molecule has 0 atom stereocenters. The van der Waals surface area contributed by atoms with Gasteiger partial charge in [-0.2, -0.15) is 0 Å². The fraction of sp³-hybridized carbons (Fsp3) is 0.364. The molecular weight excluding hydrogens is 358 g/mol. The van der Waals surface area contributed by atoms with Crippen molar-refractivity contribution in [2.75, 3.05) is 0 Å². The molecule has 5 heteroatoms. The van der Waals surface area contributed by atoms with Crippen LogP contribution >= 0.6 is 11.6 Å². The number of rotatable bonds is 8. The van der Waals surface area contributed by atoms with Gasteiger partial charge in [-0.1, -0.05) is 56.3 Å². The summed E-state index contributed by atoms with van der Waals surface area (Å²) in [5.41, 5.74) is 3.35. The number of para-hydroxylation sites is 2. The number of imidazole rings is 1. The number of aromatic nitrogens is 2. The lowest BCUT2D eigenvalue weighted by Gasteiger charge is -2.08. The average Bonchev–Trinajstić information content (AvgIpc) is 3.00. The van der Waals surface area contributed by atoms with Crippen molar-refractivity contribution in [3.05, 3.63) is 53.1 Å². The summed E-state index contributed by atoms with van der Waals surface area (Å²) >= 11 is 6.08. The van der Waals surface area contributed by atoms with Crippen LogP contribution in [-0.2, 0) is 6.54 Å². The molecule has 0 saturated heterocycles. The van der Waals surface area contributed by atoms with Crippen LogP contribution in [0.15, 0.2) is 47.5 Å². The molecule has 3 aromatic rings. The first-order valence-electron chi connectivity index (χ1n) is 9.59. The zero-order valence-electron chi connectivity index (χ0n) is 16.0. The molecule has 1 heterocycles. The van der Waals surface area contributed by atoms with Crippen LogP contribution in [-0.4, -0.2) is 20.4 Å². The van der Waals surface area contributed by atoms with Crippen molar-refractivity contribution >= 4 is 34.3 Å². The van der Waals surface area contributed by atoms with Crippen LogP contribution < -0.4 is 0 Å². The predicted molar refractivity (Wildman–Crippen MR) is 113 cm³/mol. The first-order valence-corrected chi connectivity index (χ1v) is 9.97. The Balaban J connectivity index is 1.93. The summed E-state index contributed by atoms with van der Waals surface area (Å²) in [5.74, 6) is 0.839. The molecule has 0 saturated carbocycles. The molecule has 1 aromatic heterocycles. The SMILES string of the molecule is CCCCCCCn1c(/N=C(\C)c2cc(Cl)ccc2O)nc2ccccc21. The van der Waals surface area contributed by atoms with E-state index in [0.717, 1.165) is 24.0 Å². The quantitative estimate of drug-likeness (QED) is 0.356. The van der Waals surface area contributed by atoms with Crippen molar-refractivity contribution in [3.63, 3.8) is 0 Å². The molecule has 0 bridgehead atoms. The number of aryl methyl sites for hydroxylation is 1. The number of halogens is 1. The summed E-state index contributed by atoms with van der Waals surface area (Å²) in [7, 11) is 0. The lowest BCUT2D eigenvalue weighted by atomic mass is 10.1. The Bertz CT molecular complexity index is 946. The first-order chi connectivity index (χ1) is 13.1. The van der Waals surface area contributed by atoms with Crippen LogP contribution in [0.5, 0.6) is 5.75 Å². The van der Waals surface area contributed by atoms with Gasteiger partial charge in [-0.15, -0.1) is 0 Å². The van der Waals surface area contributed by atoms with E-state index in [-0.39, 0.29) is 5.75 Å². The van der Waals surface area contributed by atoms with Crippen molar-refractivity contribution in [1.29, 1.82) is 0 Å². The Kier molecular flexibility index (Phi) is 6.51. The maximum Gasteiger partial charge on any atom is 0.230 e. The van der Waals surface area contributed by atoms with Gasteiger partial charge in [0, 0.05) is 17.1 Å². The van der Waals surface area contributed by atoms with E-state index in [2.05, 4.69) is 17.6 Å². The molecule has 1 N–H and O–H groups in total. The van der Waals surface area contributed by atoms with Gasteiger partial charge in [-0.25, -0.2) is 9.98 Å². The van der Waals surface area contributed by atoms with Gasteiger partial charge in [0.1, 0.15) is 5.75 Å². The Morgan fingerprint density at radius 1 is 1.11 bits per heavy atom. The molecule has 4 nitrogen and oxygen atoms in total. The number of fused-ring (bicyclic) bond motifs is 1. The van der Waals surface area contributed by atoms with Crippen molar-refractivity contribution in [2.45, 2.75) is 52.5 Å².